The van der Waals surface area contributed by atoms with Crippen molar-refractivity contribution < 1.29 is 4.74 Å². The lowest BCUT2D eigenvalue weighted by Crippen LogP contribution is -2.34. The minimum Gasteiger partial charge on any atom is -0.488 e. The predicted octanol–water partition coefficient (Wildman–Crippen LogP) is 2.00. The van der Waals surface area contributed by atoms with Crippen LogP contribution in [-0.4, -0.2) is 29.0 Å². The molecule has 0 bridgehead atoms. The molecular weight excluding hydrogens is 226 g/mol. The molecule has 0 unspecified atom stereocenters. The first kappa shape index (κ1) is 11.3. The third kappa shape index (κ3) is 2.38. The SMILES string of the molecule is c1ccc(-n2cccn2)c(OC2CCNCC2)c1. The van der Waals surface area contributed by atoms with E-state index >= 15 is 0 Å². The Hall–Kier alpha value is -1.81. The molecule has 2 aromatic rings. The van der Waals surface area contributed by atoms with Crippen molar-refractivity contribution in [3.05, 3.63) is 42.7 Å². The molecule has 1 saturated heterocycles. The summed E-state index contributed by atoms with van der Waals surface area (Å²) in [4.78, 5) is 0. The van der Waals surface area contributed by atoms with Crippen LogP contribution in [0, 0.1) is 0 Å². The molecule has 1 aliphatic rings. The van der Waals surface area contributed by atoms with Crippen LogP contribution in [0.3, 0.4) is 0 Å². The summed E-state index contributed by atoms with van der Waals surface area (Å²) in [6.07, 6.45) is 6.15. The van der Waals surface area contributed by atoms with Gasteiger partial charge in [-0.2, -0.15) is 5.10 Å². The van der Waals surface area contributed by atoms with E-state index in [1.165, 1.54) is 0 Å². The van der Waals surface area contributed by atoms with Gasteiger partial charge >= 0.3 is 0 Å². The standard InChI is InChI=1S/C14H17N3O/c1-2-5-14(18-12-6-9-15-10-7-12)13(4-1)17-11-3-8-16-17/h1-5,8,11-12,15H,6-7,9-10H2. The van der Waals surface area contributed by atoms with Crippen molar-refractivity contribution in [1.82, 2.24) is 15.1 Å². The second kappa shape index (κ2) is 5.23. The lowest BCUT2D eigenvalue weighted by atomic mass is 10.1. The smallest absolute Gasteiger partial charge is 0.145 e. The second-order valence-corrected chi connectivity index (χ2v) is 4.49. The number of hydrogen-bond donors (Lipinski definition) is 1. The Balaban J connectivity index is 1.83. The largest absolute Gasteiger partial charge is 0.488 e. The number of ether oxygens (including phenoxy) is 1. The molecule has 0 amide bonds. The van der Waals surface area contributed by atoms with Gasteiger partial charge in [0.25, 0.3) is 0 Å². The summed E-state index contributed by atoms with van der Waals surface area (Å²) in [6.45, 7) is 2.07. The molecule has 1 N–H and O–H groups in total. The Morgan fingerprint density at radius 2 is 2.00 bits per heavy atom. The maximum absolute atomic E-state index is 6.11. The number of hydrogen-bond acceptors (Lipinski definition) is 3. The van der Waals surface area contributed by atoms with E-state index < -0.39 is 0 Å². The summed E-state index contributed by atoms with van der Waals surface area (Å²) in [5.41, 5.74) is 1.00. The average Bonchev–Trinajstić information content (AvgIpc) is 2.94. The molecule has 0 aliphatic carbocycles. The Labute approximate surface area is 107 Å². The van der Waals surface area contributed by atoms with E-state index in [-0.39, 0.29) is 0 Å². The highest BCUT2D eigenvalue weighted by molar-refractivity contribution is 5.45. The van der Waals surface area contributed by atoms with Crippen molar-refractivity contribution >= 4 is 0 Å². The van der Waals surface area contributed by atoms with Gasteiger partial charge in [-0.25, -0.2) is 4.68 Å². The number of piperidine rings is 1. The maximum atomic E-state index is 6.11. The highest BCUT2D eigenvalue weighted by Crippen LogP contribution is 2.24. The molecule has 1 aliphatic heterocycles. The van der Waals surface area contributed by atoms with Gasteiger partial charge in [0.2, 0.25) is 0 Å². The summed E-state index contributed by atoms with van der Waals surface area (Å²) in [5, 5.41) is 7.61. The highest BCUT2D eigenvalue weighted by atomic mass is 16.5. The zero-order valence-corrected chi connectivity index (χ0v) is 10.2. The topological polar surface area (TPSA) is 39.1 Å². The zero-order valence-electron chi connectivity index (χ0n) is 10.2. The van der Waals surface area contributed by atoms with Crippen molar-refractivity contribution in [2.75, 3.05) is 13.1 Å². The molecule has 0 spiro atoms. The van der Waals surface area contributed by atoms with E-state index in [2.05, 4.69) is 10.4 Å². The Morgan fingerprint density at radius 1 is 1.17 bits per heavy atom. The summed E-state index contributed by atoms with van der Waals surface area (Å²) >= 11 is 0. The van der Waals surface area contributed by atoms with Crippen molar-refractivity contribution in [2.24, 2.45) is 0 Å². The lowest BCUT2D eigenvalue weighted by molar-refractivity contribution is 0.162. The van der Waals surface area contributed by atoms with Crippen LogP contribution in [0.2, 0.25) is 0 Å². The average molecular weight is 243 g/mol. The predicted molar refractivity (Wildman–Crippen MR) is 70.1 cm³/mol. The van der Waals surface area contributed by atoms with Crippen LogP contribution >= 0.6 is 0 Å². The molecule has 18 heavy (non-hydrogen) atoms. The van der Waals surface area contributed by atoms with Crippen molar-refractivity contribution in [3.63, 3.8) is 0 Å². The quantitative estimate of drug-likeness (QED) is 0.896. The fourth-order valence-electron chi connectivity index (χ4n) is 2.25. The van der Waals surface area contributed by atoms with E-state index in [0.717, 1.165) is 37.4 Å². The number of nitrogens with one attached hydrogen (secondary N) is 1. The van der Waals surface area contributed by atoms with Crippen LogP contribution in [0.1, 0.15) is 12.8 Å². The molecule has 1 aromatic heterocycles. The van der Waals surface area contributed by atoms with E-state index in [1.807, 2.05) is 41.2 Å². The molecule has 0 saturated carbocycles. The number of nitrogens with zero attached hydrogens (tertiary/aromatic N) is 2. The zero-order chi connectivity index (χ0) is 12.2. The summed E-state index contributed by atoms with van der Waals surface area (Å²) in [7, 11) is 0. The molecule has 0 radical (unpaired) electrons. The van der Waals surface area contributed by atoms with Crippen molar-refractivity contribution in [1.29, 1.82) is 0 Å². The molecule has 94 valence electrons. The Kier molecular flexibility index (Phi) is 3.28. The van der Waals surface area contributed by atoms with Crippen LogP contribution in [0.4, 0.5) is 0 Å². The molecular formula is C14H17N3O. The summed E-state index contributed by atoms with van der Waals surface area (Å²) in [5.74, 6) is 0.910. The second-order valence-electron chi connectivity index (χ2n) is 4.49. The third-order valence-corrected chi connectivity index (χ3v) is 3.20. The molecule has 4 heteroatoms. The van der Waals surface area contributed by atoms with Gasteiger partial charge in [-0.1, -0.05) is 12.1 Å². The normalized spacial score (nSPS) is 16.7. The number of aromatic nitrogens is 2. The monoisotopic (exact) mass is 243 g/mol. The van der Waals surface area contributed by atoms with Gasteiger partial charge in [0.15, 0.2) is 0 Å². The van der Waals surface area contributed by atoms with Crippen molar-refractivity contribution in [2.45, 2.75) is 18.9 Å². The number of para-hydroxylation sites is 2. The lowest BCUT2D eigenvalue weighted by Gasteiger charge is -2.24. The number of benzene rings is 1. The first-order chi connectivity index (χ1) is 8.93. The van der Waals surface area contributed by atoms with E-state index in [4.69, 9.17) is 4.74 Å². The van der Waals surface area contributed by atoms with E-state index in [0.29, 0.717) is 6.10 Å². The van der Waals surface area contributed by atoms with Gasteiger partial charge < -0.3 is 10.1 Å². The highest BCUT2D eigenvalue weighted by Gasteiger charge is 2.16. The fourth-order valence-corrected chi connectivity index (χ4v) is 2.25. The van der Waals surface area contributed by atoms with Gasteiger partial charge in [-0.15, -0.1) is 0 Å². The van der Waals surface area contributed by atoms with Crippen LogP contribution in [-0.2, 0) is 0 Å². The molecule has 1 aromatic carbocycles. The molecule has 0 atom stereocenters. The van der Waals surface area contributed by atoms with E-state index in [1.54, 1.807) is 6.20 Å². The summed E-state index contributed by atoms with van der Waals surface area (Å²) < 4.78 is 7.95. The van der Waals surface area contributed by atoms with E-state index in [9.17, 15) is 0 Å². The molecule has 2 heterocycles. The van der Waals surface area contributed by atoms with Crippen LogP contribution in [0.25, 0.3) is 5.69 Å². The van der Waals surface area contributed by atoms with Gasteiger partial charge in [0.05, 0.1) is 0 Å². The number of rotatable bonds is 3. The molecule has 1 fully saturated rings. The molecule has 3 rings (SSSR count). The molecule has 4 nitrogen and oxygen atoms in total. The summed E-state index contributed by atoms with van der Waals surface area (Å²) in [6, 6.07) is 9.97. The van der Waals surface area contributed by atoms with Gasteiger partial charge in [0.1, 0.15) is 17.5 Å². The minimum atomic E-state index is 0.308. The first-order valence-corrected chi connectivity index (χ1v) is 6.40. The van der Waals surface area contributed by atoms with Crippen LogP contribution < -0.4 is 10.1 Å². The Morgan fingerprint density at radius 3 is 2.78 bits per heavy atom. The van der Waals surface area contributed by atoms with Gasteiger partial charge in [0, 0.05) is 12.4 Å². The Bertz CT molecular complexity index is 490. The maximum Gasteiger partial charge on any atom is 0.145 e. The minimum absolute atomic E-state index is 0.308. The van der Waals surface area contributed by atoms with Crippen LogP contribution in [0.5, 0.6) is 5.75 Å². The fraction of sp³-hybridized carbons (Fsp3) is 0.357. The van der Waals surface area contributed by atoms with Gasteiger partial charge in [-0.3, -0.25) is 0 Å². The van der Waals surface area contributed by atoms with Crippen molar-refractivity contribution in [3.8, 4) is 11.4 Å². The first-order valence-electron chi connectivity index (χ1n) is 6.40. The van der Waals surface area contributed by atoms with Gasteiger partial charge in [-0.05, 0) is 44.1 Å². The van der Waals surface area contributed by atoms with Crippen LogP contribution in [0.15, 0.2) is 42.7 Å². The third-order valence-electron chi connectivity index (χ3n) is 3.20.